The van der Waals surface area contributed by atoms with Crippen LogP contribution in [0.25, 0.3) is 39.6 Å². The molecule has 0 N–H and O–H groups in total. The summed E-state index contributed by atoms with van der Waals surface area (Å²) in [5.41, 5.74) is 7.48. The second-order valence-electron chi connectivity index (χ2n) is 14.8. The van der Waals surface area contributed by atoms with E-state index in [0.29, 0.717) is 0 Å². The highest BCUT2D eigenvalue weighted by Gasteiger charge is 2.61. The third kappa shape index (κ3) is 3.85. The number of allylic oxidation sites excluding steroid dienone is 1. The van der Waals surface area contributed by atoms with Crippen molar-refractivity contribution in [3.8, 4) is 22.6 Å². The molecule has 0 saturated carbocycles. The molecule has 2 unspecified atom stereocenters. The van der Waals surface area contributed by atoms with Crippen molar-refractivity contribution in [3.63, 3.8) is 0 Å². The van der Waals surface area contributed by atoms with E-state index in [2.05, 4.69) is 144 Å². The van der Waals surface area contributed by atoms with Gasteiger partial charge in [0.15, 0.2) is 18.6 Å². The number of pyridine rings is 2. The van der Waals surface area contributed by atoms with Crippen molar-refractivity contribution in [1.82, 2.24) is 9.78 Å². The van der Waals surface area contributed by atoms with Gasteiger partial charge < -0.3 is 0 Å². The van der Waals surface area contributed by atoms with Crippen molar-refractivity contribution < 1.29 is 13.5 Å². The molecule has 5 aromatic rings. The van der Waals surface area contributed by atoms with E-state index in [-0.39, 0.29) is 16.6 Å². The lowest BCUT2D eigenvalue weighted by atomic mass is 9.56. The van der Waals surface area contributed by atoms with E-state index in [1.165, 1.54) is 21.9 Å². The smallest absolute Gasteiger partial charge is 0.236 e. The van der Waals surface area contributed by atoms with Gasteiger partial charge in [0.2, 0.25) is 16.9 Å². The van der Waals surface area contributed by atoms with Gasteiger partial charge in [0.1, 0.15) is 11.5 Å². The van der Waals surface area contributed by atoms with Crippen molar-refractivity contribution in [1.29, 1.82) is 0 Å². The molecule has 0 radical (unpaired) electrons. The average molecular weight is 601 g/mol. The molecule has 230 valence electrons. The molecule has 7 rings (SSSR count). The normalized spacial score (nSPS) is 21.6. The van der Waals surface area contributed by atoms with Gasteiger partial charge in [-0.15, -0.1) is 0 Å². The fourth-order valence-corrected chi connectivity index (χ4v) is 8.47. The van der Waals surface area contributed by atoms with Crippen LogP contribution in [0.2, 0.25) is 0 Å². The molecule has 0 amide bonds. The van der Waals surface area contributed by atoms with Crippen molar-refractivity contribution in [2.24, 2.45) is 7.05 Å². The Kier molecular flexibility index (Phi) is 6.37. The minimum Gasteiger partial charge on any atom is -0.262 e. The van der Waals surface area contributed by atoms with E-state index in [4.69, 9.17) is 5.10 Å². The Morgan fingerprint density at radius 1 is 0.911 bits per heavy atom. The lowest BCUT2D eigenvalue weighted by Crippen LogP contribution is -2.69. The number of halogens is 1. The zero-order valence-corrected chi connectivity index (χ0v) is 28.2. The molecule has 3 aromatic heterocycles. The maximum absolute atomic E-state index is 16.1. The Bertz CT molecular complexity index is 2040. The maximum Gasteiger partial charge on any atom is 0.236 e. The van der Waals surface area contributed by atoms with Crippen molar-refractivity contribution in [2.45, 2.75) is 90.0 Å². The number of aromatic nitrogens is 4. The molecule has 2 aromatic carbocycles. The van der Waals surface area contributed by atoms with Crippen molar-refractivity contribution in [2.75, 3.05) is 0 Å². The number of hydrogen-bond donors (Lipinski definition) is 0. The van der Waals surface area contributed by atoms with E-state index in [1.807, 2.05) is 11.7 Å². The molecular formula is C40H45FN4+2. The Morgan fingerprint density at radius 2 is 1.69 bits per heavy atom. The van der Waals surface area contributed by atoms with Crippen LogP contribution >= 0.6 is 0 Å². The van der Waals surface area contributed by atoms with Crippen molar-refractivity contribution >= 4 is 17.0 Å². The highest BCUT2D eigenvalue weighted by Crippen LogP contribution is 2.58. The summed E-state index contributed by atoms with van der Waals surface area (Å²) < 4.78 is 22.8. The third-order valence-corrected chi connectivity index (χ3v) is 11.2. The number of hydrogen-bond acceptors (Lipinski definition) is 1. The van der Waals surface area contributed by atoms with E-state index in [0.717, 1.165) is 46.7 Å². The summed E-state index contributed by atoms with van der Waals surface area (Å²) in [6.07, 6.45) is 10.8. The molecule has 2 atom stereocenters. The number of rotatable bonds is 5. The predicted molar refractivity (Wildman–Crippen MR) is 180 cm³/mol. The van der Waals surface area contributed by atoms with Crippen LogP contribution in [0.15, 0.2) is 79.1 Å². The highest BCUT2D eigenvalue weighted by molar-refractivity contribution is 6.01. The lowest BCUT2D eigenvalue weighted by Gasteiger charge is -2.49. The monoisotopic (exact) mass is 600 g/mol. The fourth-order valence-electron chi connectivity index (χ4n) is 8.47. The van der Waals surface area contributed by atoms with Crippen LogP contribution in [0.5, 0.6) is 0 Å². The third-order valence-electron chi connectivity index (χ3n) is 11.2. The van der Waals surface area contributed by atoms with Gasteiger partial charge in [-0.2, -0.15) is 14.2 Å². The van der Waals surface area contributed by atoms with Gasteiger partial charge in [-0.05, 0) is 48.1 Å². The fraction of sp³-hybridized carbons (Fsp3) is 0.375. The Morgan fingerprint density at radius 3 is 2.38 bits per heavy atom. The van der Waals surface area contributed by atoms with Gasteiger partial charge >= 0.3 is 0 Å². The summed E-state index contributed by atoms with van der Waals surface area (Å²) in [4.78, 5) is 0. The molecule has 2 aliphatic rings. The minimum atomic E-state index is -0.457. The molecule has 5 heteroatoms. The SMILES string of the molecule is CCC1(C)c2ccc(F)c3c2-c2c4c(cccc4cc[n+]2C1(C=C[n+]1ccccc1-c1cc(C(C)(C)C)nn1C)CC)C3(C)C. The number of aryl methyl sites for hydroxylation is 1. The Hall–Kier alpha value is -4.12. The lowest BCUT2D eigenvalue weighted by molar-refractivity contribution is -0.755. The standard InChI is InChI=1S/C40H45FN4/c1-10-39(8)28-18-19-29(41)35-34(28)36-33-26(15-14-16-27(33)38(35,6)7)20-23-45(36)40(39,11-2)21-24-44-22-13-12-17-30(44)31-25-32(37(3,4)5)42-43(31)9/h12-25H,10-11H2,1-9H3/q+2. The quantitative estimate of drug-likeness (QED) is 0.186. The molecule has 0 saturated heterocycles. The van der Waals surface area contributed by atoms with Gasteiger partial charge in [-0.25, -0.2) is 4.39 Å². The molecule has 4 heterocycles. The number of nitrogens with zero attached hydrogens (tertiary/aromatic N) is 4. The summed E-state index contributed by atoms with van der Waals surface area (Å²) in [5, 5.41) is 7.32. The van der Waals surface area contributed by atoms with Crippen LogP contribution in [0.4, 0.5) is 4.39 Å². The molecule has 4 nitrogen and oxygen atoms in total. The first-order chi connectivity index (χ1) is 21.3. The number of benzene rings is 2. The zero-order valence-electron chi connectivity index (χ0n) is 28.2. The summed E-state index contributed by atoms with van der Waals surface area (Å²) >= 11 is 0. The van der Waals surface area contributed by atoms with E-state index < -0.39 is 11.0 Å². The summed E-state index contributed by atoms with van der Waals surface area (Å²) in [7, 11) is 2.02. The van der Waals surface area contributed by atoms with Crippen LogP contribution in [0.1, 0.15) is 90.6 Å². The topological polar surface area (TPSA) is 25.6 Å². The van der Waals surface area contributed by atoms with Gasteiger partial charge in [-0.3, -0.25) is 4.68 Å². The van der Waals surface area contributed by atoms with Gasteiger partial charge in [0.05, 0.1) is 28.1 Å². The first-order valence-corrected chi connectivity index (χ1v) is 16.4. The molecule has 0 fully saturated rings. The first-order valence-electron chi connectivity index (χ1n) is 16.4. The van der Waals surface area contributed by atoms with Crippen LogP contribution in [0, 0.1) is 5.82 Å². The summed E-state index contributed by atoms with van der Waals surface area (Å²) in [6.45, 7) is 17.9. The Balaban J connectivity index is 1.52. The average Bonchev–Trinajstić information content (AvgIpc) is 3.41. The van der Waals surface area contributed by atoms with Crippen LogP contribution in [-0.4, -0.2) is 9.78 Å². The van der Waals surface area contributed by atoms with Crippen LogP contribution in [-0.2, 0) is 28.8 Å². The van der Waals surface area contributed by atoms with Crippen molar-refractivity contribution in [3.05, 3.63) is 107 Å². The largest absolute Gasteiger partial charge is 0.262 e. The molecule has 1 aliphatic heterocycles. The molecule has 45 heavy (non-hydrogen) atoms. The molecule has 0 bridgehead atoms. The predicted octanol–water partition coefficient (Wildman–Crippen LogP) is 8.52. The van der Waals surface area contributed by atoms with Gasteiger partial charge in [0.25, 0.3) is 0 Å². The Labute approximate surface area is 266 Å². The summed E-state index contributed by atoms with van der Waals surface area (Å²) in [5.74, 6) is -0.120. The minimum absolute atomic E-state index is 0.0456. The molecule has 1 aliphatic carbocycles. The van der Waals surface area contributed by atoms with Crippen LogP contribution in [0.3, 0.4) is 0 Å². The van der Waals surface area contributed by atoms with Gasteiger partial charge in [0, 0.05) is 48.1 Å². The van der Waals surface area contributed by atoms with Crippen LogP contribution < -0.4 is 9.13 Å². The molecule has 0 spiro atoms. The summed E-state index contributed by atoms with van der Waals surface area (Å²) in [6, 6.07) is 21.1. The second kappa shape index (κ2) is 9.69. The van der Waals surface area contributed by atoms with E-state index in [1.54, 1.807) is 6.07 Å². The van der Waals surface area contributed by atoms with Gasteiger partial charge in [-0.1, -0.05) is 72.7 Å². The van der Waals surface area contributed by atoms with E-state index >= 15 is 4.39 Å². The highest BCUT2D eigenvalue weighted by atomic mass is 19.1. The molecular weight excluding hydrogens is 555 g/mol. The second-order valence-corrected chi connectivity index (χ2v) is 14.8. The van der Waals surface area contributed by atoms with E-state index in [9.17, 15) is 0 Å². The first kappa shape index (κ1) is 29.6. The maximum atomic E-state index is 16.1. The zero-order chi connectivity index (χ0) is 32.1.